The number of imidazole rings is 1. The zero-order valence-electron chi connectivity index (χ0n) is 14.9. The van der Waals surface area contributed by atoms with Crippen LogP contribution in [0.4, 0.5) is 4.39 Å². The lowest BCUT2D eigenvalue weighted by Crippen LogP contribution is -2.33. The molecule has 3 aromatic rings. The molecule has 2 aromatic heterocycles. The summed E-state index contributed by atoms with van der Waals surface area (Å²) in [7, 11) is 0. The summed E-state index contributed by atoms with van der Waals surface area (Å²) in [5, 5.41) is 5.45. The van der Waals surface area contributed by atoms with Gasteiger partial charge >= 0.3 is 0 Å². The van der Waals surface area contributed by atoms with E-state index in [9.17, 15) is 14.0 Å². The van der Waals surface area contributed by atoms with Gasteiger partial charge in [0.15, 0.2) is 0 Å². The van der Waals surface area contributed by atoms with Crippen molar-refractivity contribution in [3.8, 4) is 0 Å². The van der Waals surface area contributed by atoms with Crippen molar-refractivity contribution in [3.05, 3.63) is 66.0 Å². The molecule has 2 N–H and O–H groups in total. The first kappa shape index (κ1) is 18.5. The summed E-state index contributed by atoms with van der Waals surface area (Å²) in [6.45, 7) is 2.06. The van der Waals surface area contributed by atoms with Crippen molar-refractivity contribution in [3.63, 3.8) is 0 Å². The molecule has 1 aromatic carbocycles. The molecule has 0 aliphatic carbocycles. The van der Waals surface area contributed by atoms with Crippen LogP contribution in [0.1, 0.15) is 41.9 Å². The first-order chi connectivity index (χ1) is 13.1. The summed E-state index contributed by atoms with van der Waals surface area (Å²) >= 11 is 0. The summed E-state index contributed by atoms with van der Waals surface area (Å²) < 4.78 is 15.4. The Labute approximate surface area is 155 Å². The number of rotatable bonds is 7. The molecular formula is C19H20FN5O2. The Morgan fingerprint density at radius 1 is 1.26 bits per heavy atom. The minimum Gasteiger partial charge on any atom is -0.351 e. The van der Waals surface area contributed by atoms with Crippen LogP contribution in [0.15, 0.2) is 48.9 Å². The highest BCUT2D eigenvalue weighted by atomic mass is 19.1. The van der Waals surface area contributed by atoms with Crippen molar-refractivity contribution in [2.75, 3.05) is 6.54 Å². The van der Waals surface area contributed by atoms with Crippen molar-refractivity contribution < 1.29 is 14.0 Å². The molecule has 0 spiro atoms. The van der Waals surface area contributed by atoms with Gasteiger partial charge in [0, 0.05) is 31.6 Å². The molecule has 8 heteroatoms. The Bertz CT molecular complexity index is 923. The van der Waals surface area contributed by atoms with E-state index in [0.717, 1.165) is 5.69 Å². The van der Waals surface area contributed by atoms with Gasteiger partial charge in [-0.1, -0.05) is 19.1 Å². The SMILES string of the molecule is CCC(NC(=O)CCNC(=O)c1ccccc1F)c1cn2cccnc2n1. The van der Waals surface area contributed by atoms with Gasteiger partial charge in [0.1, 0.15) is 5.82 Å². The average Bonchev–Trinajstić information content (AvgIpc) is 3.10. The number of nitrogens with zero attached hydrogens (tertiary/aromatic N) is 3. The molecule has 0 radical (unpaired) electrons. The molecule has 140 valence electrons. The molecule has 1 unspecified atom stereocenters. The highest BCUT2D eigenvalue weighted by Gasteiger charge is 2.17. The maximum Gasteiger partial charge on any atom is 0.254 e. The maximum atomic E-state index is 13.6. The van der Waals surface area contributed by atoms with Crippen LogP contribution in [0.25, 0.3) is 5.78 Å². The lowest BCUT2D eigenvalue weighted by molar-refractivity contribution is -0.121. The van der Waals surface area contributed by atoms with Crippen LogP contribution < -0.4 is 10.6 Å². The van der Waals surface area contributed by atoms with Crippen molar-refractivity contribution in [2.24, 2.45) is 0 Å². The third-order valence-corrected chi connectivity index (χ3v) is 4.11. The Hall–Kier alpha value is -3.29. The maximum absolute atomic E-state index is 13.6. The molecule has 0 saturated heterocycles. The number of aromatic nitrogens is 3. The highest BCUT2D eigenvalue weighted by Crippen LogP contribution is 2.16. The molecule has 2 amide bonds. The molecule has 27 heavy (non-hydrogen) atoms. The summed E-state index contributed by atoms with van der Waals surface area (Å²) in [6.07, 6.45) is 6.08. The fourth-order valence-corrected chi connectivity index (χ4v) is 2.70. The van der Waals surface area contributed by atoms with Crippen molar-refractivity contribution in [1.82, 2.24) is 25.0 Å². The van der Waals surface area contributed by atoms with E-state index in [4.69, 9.17) is 0 Å². The number of benzene rings is 1. The van der Waals surface area contributed by atoms with E-state index in [2.05, 4.69) is 20.6 Å². The minimum atomic E-state index is -0.592. The van der Waals surface area contributed by atoms with Crippen LogP contribution in [0.3, 0.4) is 0 Å². The predicted molar refractivity (Wildman–Crippen MR) is 97.5 cm³/mol. The Kier molecular flexibility index (Phi) is 5.75. The molecule has 0 aliphatic rings. The molecule has 2 heterocycles. The monoisotopic (exact) mass is 369 g/mol. The predicted octanol–water partition coefficient (Wildman–Crippen LogP) is 2.26. The van der Waals surface area contributed by atoms with Crippen LogP contribution in [0.5, 0.6) is 0 Å². The molecule has 0 bridgehead atoms. The Balaban J connectivity index is 1.53. The lowest BCUT2D eigenvalue weighted by atomic mass is 10.1. The van der Waals surface area contributed by atoms with E-state index in [1.807, 2.05) is 19.3 Å². The first-order valence-electron chi connectivity index (χ1n) is 8.70. The van der Waals surface area contributed by atoms with Crippen molar-refractivity contribution in [1.29, 1.82) is 0 Å². The van der Waals surface area contributed by atoms with Crippen LogP contribution in [0, 0.1) is 5.82 Å². The topological polar surface area (TPSA) is 88.4 Å². The number of fused-ring (bicyclic) bond motifs is 1. The third kappa shape index (κ3) is 4.46. The number of halogens is 1. The molecule has 7 nitrogen and oxygen atoms in total. The summed E-state index contributed by atoms with van der Waals surface area (Å²) in [4.78, 5) is 32.7. The second kappa shape index (κ2) is 8.39. The number of carbonyl (C=O) groups excluding carboxylic acids is 2. The average molecular weight is 369 g/mol. The Morgan fingerprint density at radius 3 is 2.81 bits per heavy atom. The summed E-state index contributed by atoms with van der Waals surface area (Å²) in [5.41, 5.74) is 0.682. The molecule has 0 saturated carbocycles. The van der Waals surface area contributed by atoms with Gasteiger partial charge in [0.25, 0.3) is 5.91 Å². The number of carbonyl (C=O) groups is 2. The van der Waals surface area contributed by atoms with E-state index in [1.165, 1.54) is 18.2 Å². The number of hydrogen-bond acceptors (Lipinski definition) is 4. The zero-order valence-corrected chi connectivity index (χ0v) is 14.9. The highest BCUT2D eigenvalue weighted by molar-refractivity contribution is 5.94. The standard InChI is InChI=1S/C19H20FN5O2/c1-2-15(16-12-25-11-5-9-22-19(25)24-16)23-17(26)8-10-21-18(27)13-6-3-4-7-14(13)20/h3-7,9,11-12,15H,2,8,10H2,1H3,(H,21,27)(H,23,26). The molecular weight excluding hydrogens is 349 g/mol. The van der Waals surface area contributed by atoms with E-state index < -0.39 is 11.7 Å². The number of amides is 2. The summed E-state index contributed by atoms with van der Waals surface area (Å²) in [5.74, 6) is -0.789. The van der Waals surface area contributed by atoms with E-state index >= 15 is 0 Å². The molecule has 1 atom stereocenters. The van der Waals surface area contributed by atoms with Gasteiger partial charge in [0.2, 0.25) is 11.7 Å². The first-order valence-corrected chi connectivity index (χ1v) is 8.70. The summed E-state index contributed by atoms with van der Waals surface area (Å²) in [6, 6.07) is 7.27. The fraction of sp³-hybridized carbons (Fsp3) is 0.263. The number of hydrogen-bond donors (Lipinski definition) is 2. The normalized spacial score (nSPS) is 11.9. The smallest absolute Gasteiger partial charge is 0.254 e. The second-order valence-electron chi connectivity index (χ2n) is 6.01. The number of nitrogens with one attached hydrogen (secondary N) is 2. The van der Waals surface area contributed by atoms with Gasteiger partial charge in [-0.05, 0) is 24.6 Å². The second-order valence-corrected chi connectivity index (χ2v) is 6.01. The van der Waals surface area contributed by atoms with Crippen LogP contribution in [0.2, 0.25) is 0 Å². The van der Waals surface area contributed by atoms with Crippen molar-refractivity contribution in [2.45, 2.75) is 25.8 Å². The van der Waals surface area contributed by atoms with Gasteiger partial charge in [-0.25, -0.2) is 14.4 Å². The van der Waals surface area contributed by atoms with E-state index in [-0.39, 0.29) is 30.5 Å². The minimum absolute atomic E-state index is 0.0402. The Morgan fingerprint density at radius 2 is 2.07 bits per heavy atom. The van der Waals surface area contributed by atoms with Crippen LogP contribution in [-0.2, 0) is 4.79 Å². The third-order valence-electron chi connectivity index (χ3n) is 4.11. The lowest BCUT2D eigenvalue weighted by Gasteiger charge is -2.14. The van der Waals surface area contributed by atoms with Gasteiger partial charge in [0.05, 0.1) is 17.3 Å². The van der Waals surface area contributed by atoms with Crippen molar-refractivity contribution >= 4 is 17.6 Å². The van der Waals surface area contributed by atoms with Crippen LogP contribution >= 0.6 is 0 Å². The van der Waals surface area contributed by atoms with Gasteiger partial charge < -0.3 is 10.6 Å². The molecule has 3 rings (SSSR count). The largest absolute Gasteiger partial charge is 0.351 e. The molecule has 0 aliphatic heterocycles. The molecule has 0 fully saturated rings. The van der Waals surface area contributed by atoms with Gasteiger partial charge in [-0.2, -0.15) is 0 Å². The van der Waals surface area contributed by atoms with E-state index in [0.29, 0.717) is 12.2 Å². The van der Waals surface area contributed by atoms with E-state index in [1.54, 1.807) is 22.7 Å². The van der Waals surface area contributed by atoms with Gasteiger partial charge in [-0.15, -0.1) is 0 Å². The quantitative estimate of drug-likeness (QED) is 0.669. The fourth-order valence-electron chi connectivity index (χ4n) is 2.70. The zero-order chi connectivity index (χ0) is 19.2. The van der Waals surface area contributed by atoms with Gasteiger partial charge in [-0.3, -0.25) is 14.0 Å². The van der Waals surface area contributed by atoms with Crippen LogP contribution in [-0.4, -0.2) is 32.7 Å².